The van der Waals surface area contributed by atoms with Crippen LogP contribution in [-0.4, -0.2) is 53.3 Å². The van der Waals surface area contributed by atoms with Gasteiger partial charge in [0.2, 0.25) is 5.95 Å². The molecule has 0 saturated carbocycles. The highest BCUT2D eigenvalue weighted by Crippen LogP contribution is 2.42. The van der Waals surface area contributed by atoms with Gasteiger partial charge in [-0.3, -0.25) is 4.98 Å². The zero-order chi connectivity index (χ0) is 24.0. The van der Waals surface area contributed by atoms with E-state index in [0.717, 1.165) is 44.3 Å². The van der Waals surface area contributed by atoms with Crippen LogP contribution < -0.4 is 20.3 Å². The van der Waals surface area contributed by atoms with Gasteiger partial charge in [0, 0.05) is 39.7 Å². The number of pyridine rings is 2. The van der Waals surface area contributed by atoms with E-state index in [1.807, 2.05) is 6.07 Å². The highest BCUT2D eigenvalue weighted by atomic mass is 19.2. The fourth-order valence-corrected chi connectivity index (χ4v) is 4.34. The summed E-state index contributed by atoms with van der Waals surface area (Å²) in [4.78, 5) is 19.7. The van der Waals surface area contributed by atoms with Crippen molar-refractivity contribution < 1.29 is 21.1 Å². The van der Waals surface area contributed by atoms with Gasteiger partial charge in [-0.15, -0.1) is 0 Å². The van der Waals surface area contributed by atoms with Gasteiger partial charge < -0.3 is 25.0 Å². The third kappa shape index (κ3) is 4.03. The zero-order valence-corrected chi connectivity index (χ0v) is 18.8. The van der Waals surface area contributed by atoms with Crippen LogP contribution in [0.2, 0.25) is 0 Å². The van der Waals surface area contributed by atoms with Gasteiger partial charge in [-0.2, -0.15) is 4.98 Å². The van der Waals surface area contributed by atoms with Crippen LogP contribution in [0.4, 0.5) is 37.7 Å². The van der Waals surface area contributed by atoms with Gasteiger partial charge in [0.1, 0.15) is 5.82 Å². The maximum atomic E-state index is 13.6. The first-order valence-electron chi connectivity index (χ1n) is 11.0. The van der Waals surface area contributed by atoms with E-state index in [9.17, 15) is 8.78 Å². The van der Waals surface area contributed by atoms with Gasteiger partial charge in [0.25, 0.3) is 0 Å². The van der Waals surface area contributed by atoms with Crippen molar-refractivity contribution in [2.45, 2.75) is 0 Å². The molecule has 0 unspecified atom stereocenters. The van der Waals surface area contributed by atoms with Crippen molar-refractivity contribution in [3.8, 4) is 5.75 Å². The summed E-state index contributed by atoms with van der Waals surface area (Å²) in [6.07, 6.45) is 4.84. The molecule has 0 amide bonds. The molecule has 5 heterocycles. The molecule has 6 rings (SSSR count). The van der Waals surface area contributed by atoms with Crippen LogP contribution in [-0.2, 0) is 4.74 Å². The molecule has 11 heteroatoms. The molecule has 2 fully saturated rings. The molecule has 2 N–H and O–H groups in total. The molecule has 0 aliphatic carbocycles. The summed E-state index contributed by atoms with van der Waals surface area (Å²) >= 11 is 0. The van der Waals surface area contributed by atoms with Gasteiger partial charge in [-0.1, -0.05) is 0 Å². The number of halogens is 2. The van der Waals surface area contributed by atoms with Gasteiger partial charge in [0.15, 0.2) is 23.2 Å². The maximum absolute atomic E-state index is 13.6. The monoisotopic (exact) mass is 481 g/mol. The number of methoxy groups -OCH3 is 1. The van der Waals surface area contributed by atoms with E-state index in [0.29, 0.717) is 39.8 Å². The SMILES string of the molecule is COc1cc(Nc2nccc(Nc3cnc4cc(F)c(F)cc4c3)n2)cnc1N1CC2(COC2)C1.[HH].[HH]. The van der Waals surface area contributed by atoms with Crippen LogP contribution >= 0.6 is 0 Å². The van der Waals surface area contributed by atoms with E-state index in [2.05, 4.69) is 35.5 Å². The molecule has 0 radical (unpaired) electrons. The highest BCUT2D eigenvalue weighted by molar-refractivity contribution is 5.82. The number of hydrogen-bond donors (Lipinski definition) is 2. The Hall–Kier alpha value is -4.12. The number of hydrogen-bond acceptors (Lipinski definition) is 9. The normalized spacial score (nSPS) is 16.0. The summed E-state index contributed by atoms with van der Waals surface area (Å²) in [7, 11) is 1.62. The molecule has 182 valence electrons. The minimum Gasteiger partial charge on any atom is -0.493 e. The van der Waals surface area contributed by atoms with E-state index in [1.165, 1.54) is 6.20 Å². The lowest BCUT2D eigenvalue weighted by atomic mass is 9.78. The molecule has 9 nitrogen and oxygen atoms in total. The predicted octanol–water partition coefficient (Wildman–Crippen LogP) is 4.52. The fourth-order valence-electron chi connectivity index (χ4n) is 4.34. The summed E-state index contributed by atoms with van der Waals surface area (Å²) in [5, 5.41) is 6.72. The second-order valence-corrected chi connectivity index (χ2v) is 8.80. The summed E-state index contributed by atoms with van der Waals surface area (Å²) < 4.78 is 37.9. The van der Waals surface area contributed by atoms with Crippen LogP contribution in [0, 0.1) is 17.0 Å². The molecule has 0 bridgehead atoms. The second-order valence-electron chi connectivity index (χ2n) is 8.80. The Labute approximate surface area is 202 Å². The van der Waals surface area contributed by atoms with Crippen LogP contribution in [0.15, 0.2) is 48.9 Å². The Morgan fingerprint density at radius 2 is 1.77 bits per heavy atom. The molecule has 0 atom stereocenters. The van der Waals surface area contributed by atoms with Gasteiger partial charge >= 0.3 is 0 Å². The summed E-state index contributed by atoms with van der Waals surface area (Å²) in [6.45, 7) is 3.42. The second kappa shape index (κ2) is 8.27. The van der Waals surface area contributed by atoms with Crippen molar-refractivity contribution in [2.24, 2.45) is 5.41 Å². The number of anilines is 5. The minimum atomic E-state index is -0.932. The lowest BCUT2D eigenvalue weighted by Crippen LogP contribution is -2.66. The molecule has 2 aliphatic rings. The molecule has 3 aromatic heterocycles. The summed E-state index contributed by atoms with van der Waals surface area (Å²) in [6, 6.07) is 7.39. The molecular formula is C24H25F2N7O2. The van der Waals surface area contributed by atoms with Crippen molar-refractivity contribution in [1.29, 1.82) is 0 Å². The number of ether oxygens (including phenoxy) is 2. The Kier molecular flexibility index (Phi) is 5.06. The number of fused-ring (bicyclic) bond motifs is 1. The standard InChI is InChI=1S/C24H21F2N7O2.2H2/c1-34-20-6-16(9-29-22(20)33-10-24(11-33)12-35-13-24)31-23-27-3-2-21(32-23)30-15-4-14-5-17(25)18(26)7-19(14)28-8-15;;/h2-9H,10-13H2,1H3,(H2,27,30,31,32);2*1H. The van der Waals surface area contributed by atoms with Gasteiger partial charge in [0.05, 0.1) is 55.0 Å². The van der Waals surface area contributed by atoms with Crippen LogP contribution in [0.3, 0.4) is 0 Å². The van der Waals surface area contributed by atoms with Crippen LogP contribution in [0.5, 0.6) is 5.75 Å². The van der Waals surface area contributed by atoms with Crippen LogP contribution in [0.25, 0.3) is 10.9 Å². The number of nitrogens with one attached hydrogen (secondary N) is 2. The van der Waals surface area contributed by atoms with E-state index in [4.69, 9.17) is 9.47 Å². The quantitative estimate of drug-likeness (QED) is 0.412. The van der Waals surface area contributed by atoms with Crippen molar-refractivity contribution in [3.63, 3.8) is 0 Å². The first-order valence-corrected chi connectivity index (χ1v) is 11.0. The van der Waals surface area contributed by atoms with Crippen molar-refractivity contribution in [1.82, 2.24) is 19.9 Å². The van der Waals surface area contributed by atoms with Crippen molar-refractivity contribution >= 4 is 39.9 Å². The summed E-state index contributed by atoms with van der Waals surface area (Å²) in [5.74, 6) is 0.445. The highest BCUT2D eigenvalue weighted by Gasteiger charge is 2.50. The lowest BCUT2D eigenvalue weighted by Gasteiger charge is -2.55. The van der Waals surface area contributed by atoms with E-state index in [1.54, 1.807) is 31.6 Å². The number of nitrogens with zero attached hydrogens (tertiary/aromatic N) is 5. The molecule has 2 aliphatic heterocycles. The first kappa shape index (κ1) is 21.4. The number of aromatic nitrogens is 4. The fraction of sp³-hybridized carbons (Fsp3) is 0.250. The molecule has 35 heavy (non-hydrogen) atoms. The van der Waals surface area contributed by atoms with Crippen LogP contribution in [0.1, 0.15) is 2.85 Å². The molecule has 1 spiro atoms. The Bertz CT molecular complexity index is 1430. The van der Waals surface area contributed by atoms with Gasteiger partial charge in [-0.25, -0.2) is 18.7 Å². The summed E-state index contributed by atoms with van der Waals surface area (Å²) in [5.41, 5.74) is 1.88. The Balaban J connectivity index is 0.00000160. The largest absolute Gasteiger partial charge is 0.493 e. The maximum Gasteiger partial charge on any atom is 0.229 e. The zero-order valence-electron chi connectivity index (χ0n) is 18.8. The molecular weight excluding hydrogens is 456 g/mol. The Morgan fingerprint density at radius 1 is 1.00 bits per heavy atom. The molecule has 4 aromatic rings. The topological polar surface area (TPSA) is 97.3 Å². The molecule has 1 aromatic carbocycles. The average Bonchev–Trinajstić information content (AvgIpc) is 2.79. The third-order valence-electron chi connectivity index (χ3n) is 6.13. The lowest BCUT2D eigenvalue weighted by molar-refractivity contribution is -0.127. The van der Waals surface area contributed by atoms with E-state index >= 15 is 0 Å². The average molecular weight is 482 g/mol. The predicted molar refractivity (Wildman–Crippen MR) is 131 cm³/mol. The first-order chi connectivity index (χ1) is 17.0. The number of rotatable bonds is 6. The minimum absolute atomic E-state index is 0. The molecule has 2 saturated heterocycles. The van der Waals surface area contributed by atoms with Crippen molar-refractivity contribution in [3.05, 3.63) is 60.6 Å². The van der Waals surface area contributed by atoms with E-state index in [-0.39, 0.29) is 8.27 Å². The smallest absolute Gasteiger partial charge is 0.229 e. The number of benzene rings is 1. The van der Waals surface area contributed by atoms with E-state index < -0.39 is 11.6 Å². The van der Waals surface area contributed by atoms with Crippen molar-refractivity contribution in [2.75, 3.05) is 48.9 Å². The Morgan fingerprint density at radius 3 is 2.54 bits per heavy atom. The third-order valence-corrected chi connectivity index (χ3v) is 6.13. The van der Waals surface area contributed by atoms with Gasteiger partial charge in [-0.05, 0) is 18.2 Å².